The number of likely N-dealkylation sites (tertiary alicyclic amines) is 1. The van der Waals surface area contributed by atoms with E-state index in [1.807, 2.05) is 0 Å². The monoisotopic (exact) mass is 236 g/mol. The Morgan fingerprint density at radius 1 is 1.60 bits per heavy atom. The number of hydrogen-bond donors (Lipinski definition) is 2. The van der Waals surface area contributed by atoms with Crippen LogP contribution in [0.15, 0.2) is 0 Å². The molecule has 1 aliphatic heterocycles. The number of nitrogens with zero attached hydrogens (tertiary/aromatic N) is 1. The molecule has 1 atom stereocenters. The molecule has 0 aromatic rings. The highest BCUT2D eigenvalue weighted by atomic mass is 32.2. The van der Waals surface area contributed by atoms with Crippen molar-refractivity contribution < 1.29 is 18.3 Å². The maximum atomic E-state index is 10.8. The molecule has 88 valence electrons. The number of piperidine rings is 1. The first-order valence-electron chi connectivity index (χ1n) is 4.81. The van der Waals surface area contributed by atoms with Gasteiger partial charge in [0.1, 0.15) is 0 Å². The van der Waals surface area contributed by atoms with Crippen LogP contribution in [-0.4, -0.2) is 50.4 Å². The quantitative estimate of drug-likeness (QED) is 0.718. The number of amides is 1. The van der Waals surface area contributed by atoms with Crippen molar-refractivity contribution >= 4 is 16.1 Å². The van der Waals surface area contributed by atoms with Gasteiger partial charge in [0.2, 0.25) is 10.0 Å². The number of carboxylic acid groups (broad SMARTS) is 1. The normalized spacial score (nSPS) is 22.7. The number of hydrogen-bond acceptors (Lipinski definition) is 3. The van der Waals surface area contributed by atoms with Crippen LogP contribution in [0.4, 0.5) is 4.79 Å². The second kappa shape index (κ2) is 4.80. The average Bonchev–Trinajstić information content (AvgIpc) is 2.14. The summed E-state index contributed by atoms with van der Waals surface area (Å²) in [6.07, 6.45) is 1.83. The molecule has 1 unspecified atom stereocenters. The van der Waals surface area contributed by atoms with Crippen molar-refractivity contribution in [1.82, 2.24) is 9.62 Å². The highest BCUT2D eigenvalue weighted by Crippen LogP contribution is 2.15. The molecule has 0 radical (unpaired) electrons. The zero-order chi connectivity index (χ0) is 11.5. The molecule has 2 N–H and O–H groups in total. The van der Waals surface area contributed by atoms with Crippen LogP contribution in [0.25, 0.3) is 0 Å². The standard InChI is InChI=1S/C8H16N2O4S/c1-15(13,14)9-5-7-3-2-4-10(6-7)8(11)12/h7,9H,2-6H2,1H3,(H,11,12). The first-order chi connectivity index (χ1) is 6.88. The molecule has 0 aromatic heterocycles. The van der Waals surface area contributed by atoms with Gasteiger partial charge >= 0.3 is 6.09 Å². The Bertz CT molecular complexity index is 328. The lowest BCUT2D eigenvalue weighted by Crippen LogP contribution is -2.42. The fourth-order valence-electron chi connectivity index (χ4n) is 1.67. The van der Waals surface area contributed by atoms with Crippen LogP contribution in [0, 0.1) is 5.92 Å². The third kappa shape index (κ3) is 4.48. The number of nitrogens with one attached hydrogen (secondary N) is 1. The van der Waals surface area contributed by atoms with E-state index in [1.54, 1.807) is 0 Å². The van der Waals surface area contributed by atoms with Gasteiger partial charge < -0.3 is 10.0 Å². The second-order valence-electron chi connectivity index (χ2n) is 3.86. The van der Waals surface area contributed by atoms with Crippen molar-refractivity contribution in [3.8, 4) is 0 Å². The van der Waals surface area contributed by atoms with Crippen LogP contribution < -0.4 is 4.72 Å². The van der Waals surface area contributed by atoms with E-state index in [0.29, 0.717) is 19.6 Å². The van der Waals surface area contributed by atoms with Crippen molar-refractivity contribution in [2.24, 2.45) is 5.92 Å². The van der Waals surface area contributed by atoms with Gasteiger partial charge in [-0.15, -0.1) is 0 Å². The lowest BCUT2D eigenvalue weighted by atomic mass is 9.99. The molecule has 7 heteroatoms. The highest BCUT2D eigenvalue weighted by Gasteiger charge is 2.23. The van der Waals surface area contributed by atoms with E-state index in [2.05, 4.69) is 4.72 Å². The van der Waals surface area contributed by atoms with Gasteiger partial charge in [0.25, 0.3) is 0 Å². The summed E-state index contributed by atoms with van der Waals surface area (Å²) >= 11 is 0. The summed E-state index contributed by atoms with van der Waals surface area (Å²) in [5.74, 6) is 0.0876. The van der Waals surface area contributed by atoms with E-state index in [0.717, 1.165) is 19.1 Å². The summed E-state index contributed by atoms with van der Waals surface area (Å²) in [7, 11) is -3.18. The average molecular weight is 236 g/mol. The summed E-state index contributed by atoms with van der Waals surface area (Å²) in [6.45, 7) is 1.28. The minimum absolute atomic E-state index is 0.0876. The smallest absolute Gasteiger partial charge is 0.407 e. The maximum Gasteiger partial charge on any atom is 0.407 e. The Labute approximate surface area is 89.3 Å². The van der Waals surface area contributed by atoms with Crippen molar-refractivity contribution in [1.29, 1.82) is 0 Å². The summed E-state index contributed by atoms with van der Waals surface area (Å²) in [6, 6.07) is 0. The molecular weight excluding hydrogens is 220 g/mol. The van der Waals surface area contributed by atoms with Gasteiger partial charge in [-0.1, -0.05) is 0 Å². The predicted octanol–water partition coefficient (Wildman–Crippen LogP) is -0.0744. The lowest BCUT2D eigenvalue weighted by molar-refractivity contribution is 0.121. The minimum atomic E-state index is -3.18. The lowest BCUT2D eigenvalue weighted by Gasteiger charge is -2.30. The Morgan fingerprint density at radius 3 is 2.80 bits per heavy atom. The van der Waals surface area contributed by atoms with Crippen LogP contribution in [0.2, 0.25) is 0 Å². The molecule has 1 aliphatic rings. The van der Waals surface area contributed by atoms with Gasteiger partial charge in [-0.3, -0.25) is 0 Å². The summed E-state index contributed by atoms with van der Waals surface area (Å²) < 4.78 is 24.1. The molecule has 0 aromatic carbocycles. The first-order valence-corrected chi connectivity index (χ1v) is 6.70. The Hall–Kier alpha value is -0.820. The fourth-order valence-corrected chi connectivity index (χ4v) is 2.21. The van der Waals surface area contributed by atoms with E-state index in [9.17, 15) is 13.2 Å². The fraction of sp³-hybridized carbons (Fsp3) is 0.875. The molecule has 1 saturated heterocycles. The van der Waals surface area contributed by atoms with Gasteiger partial charge in [-0.2, -0.15) is 0 Å². The number of sulfonamides is 1. The summed E-state index contributed by atoms with van der Waals surface area (Å²) in [5.41, 5.74) is 0. The van der Waals surface area contributed by atoms with E-state index in [4.69, 9.17) is 5.11 Å². The molecule has 1 heterocycles. The SMILES string of the molecule is CS(=O)(=O)NCC1CCCN(C(=O)O)C1. The molecule has 6 nitrogen and oxygen atoms in total. The first kappa shape index (κ1) is 12.3. The third-order valence-corrected chi connectivity index (χ3v) is 3.11. The molecule has 1 rings (SSSR count). The number of rotatable bonds is 3. The van der Waals surface area contributed by atoms with Gasteiger partial charge in [-0.25, -0.2) is 17.9 Å². The van der Waals surface area contributed by atoms with E-state index >= 15 is 0 Å². The molecule has 15 heavy (non-hydrogen) atoms. The van der Waals surface area contributed by atoms with Crippen LogP contribution in [-0.2, 0) is 10.0 Å². The summed E-state index contributed by atoms with van der Waals surface area (Å²) in [5, 5.41) is 8.77. The molecule has 0 spiro atoms. The van der Waals surface area contributed by atoms with E-state index in [-0.39, 0.29) is 5.92 Å². The van der Waals surface area contributed by atoms with Crippen molar-refractivity contribution in [3.63, 3.8) is 0 Å². The Morgan fingerprint density at radius 2 is 2.27 bits per heavy atom. The van der Waals surface area contributed by atoms with Crippen molar-refractivity contribution in [2.75, 3.05) is 25.9 Å². The molecule has 0 saturated carbocycles. The number of carbonyl (C=O) groups is 1. The zero-order valence-electron chi connectivity index (χ0n) is 8.64. The van der Waals surface area contributed by atoms with Gasteiger partial charge in [0, 0.05) is 19.6 Å². The molecule has 1 fully saturated rings. The third-order valence-electron chi connectivity index (χ3n) is 2.42. The predicted molar refractivity (Wildman–Crippen MR) is 55.2 cm³/mol. The maximum absolute atomic E-state index is 10.8. The minimum Gasteiger partial charge on any atom is -0.465 e. The van der Waals surface area contributed by atoms with Gasteiger partial charge in [-0.05, 0) is 18.8 Å². The van der Waals surface area contributed by atoms with Crippen molar-refractivity contribution in [3.05, 3.63) is 0 Å². The molecule has 0 bridgehead atoms. The topological polar surface area (TPSA) is 86.7 Å². The summed E-state index contributed by atoms with van der Waals surface area (Å²) in [4.78, 5) is 12.0. The second-order valence-corrected chi connectivity index (χ2v) is 5.69. The Balaban J connectivity index is 2.40. The molecule has 1 amide bonds. The van der Waals surface area contributed by atoms with Crippen LogP contribution >= 0.6 is 0 Å². The van der Waals surface area contributed by atoms with E-state index in [1.165, 1.54) is 4.90 Å². The van der Waals surface area contributed by atoms with Gasteiger partial charge in [0.05, 0.1) is 6.26 Å². The van der Waals surface area contributed by atoms with Crippen LogP contribution in [0.3, 0.4) is 0 Å². The van der Waals surface area contributed by atoms with E-state index < -0.39 is 16.1 Å². The van der Waals surface area contributed by atoms with Crippen LogP contribution in [0.5, 0.6) is 0 Å². The molecular formula is C8H16N2O4S. The van der Waals surface area contributed by atoms with Crippen molar-refractivity contribution in [2.45, 2.75) is 12.8 Å². The van der Waals surface area contributed by atoms with Crippen LogP contribution in [0.1, 0.15) is 12.8 Å². The Kier molecular flexibility index (Phi) is 3.92. The van der Waals surface area contributed by atoms with Gasteiger partial charge in [0.15, 0.2) is 0 Å². The molecule has 0 aliphatic carbocycles. The zero-order valence-corrected chi connectivity index (χ0v) is 9.46. The largest absolute Gasteiger partial charge is 0.465 e. The highest BCUT2D eigenvalue weighted by molar-refractivity contribution is 7.88.